The van der Waals surface area contributed by atoms with Gasteiger partial charge < -0.3 is 27.5 Å². The third kappa shape index (κ3) is 15.6. The van der Waals surface area contributed by atoms with E-state index in [1.807, 2.05) is 0 Å². The number of hydrogen-bond donors (Lipinski definition) is 2. The number of hydrogen-bond acceptors (Lipinski definition) is 6. The SMILES string of the molecule is C=C(C)C(=O)OC(CCC[Si](O[Si](C)(C)C)(O[Si](C)(C)C)O[Si](C)(C)C)CNC(=O)O. The van der Waals surface area contributed by atoms with Gasteiger partial charge in [-0.25, -0.2) is 9.59 Å². The lowest BCUT2D eigenvalue weighted by atomic mass is 10.2. The zero-order valence-corrected chi connectivity index (χ0v) is 25.0. The molecule has 2 N–H and O–H groups in total. The van der Waals surface area contributed by atoms with Crippen LogP contribution in [0, 0.1) is 0 Å². The Kier molecular flexibility index (Phi) is 11.6. The van der Waals surface area contributed by atoms with Crippen molar-refractivity contribution >= 4 is 45.8 Å². The van der Waals surface area contributed by atoms with Gasteiger partial charge in [0.2, 0.25) is 0 Å². The summed E-state index contributed by atoms with van der Waals surface area (Å²) in [5, 5.41) is 11.2. The Hall–Kier alpha value is -0.772. The van der Waals surface area contributed by atoms with E-state index < -0.39 is 51.9 Å². The van der Waals surface area contributed by atoms with Gasteiger partial charge in [0.05, 0.1) is 6.54 Å². The van der Waals surface area contributed by atoms with Crippen LogP contribution < -0.4 is 5.32 Å². The van der Waals surface area contributed by atoms with Gasteiger partial charge in [0.25, 0.3) is 0 Å². The molecule has 0 aromatic rings. The van der Waals surface area contributed by atoms with Crippen LogP contribution in [0.4, 0.5) is 4.79 Å². The van der Waals surface area contributed by atoms with Crippen molar-refractivity contribution in [3.8, 4) is 0 Å². The summed E-state index contributed by atoms with van der Waals surface area (Å²) >= 11 is 0. The molecular weight excluding hydrogens is 467 g/mol. The molecule has 8 nitrogen and oxygen atoms in total. The molecule has 0 aliphatic carbocycles. The minimum absolute atomic E-state index is 0.0154. The fraction of sp³-hybridized carbons (Fsp3) is 0.789. The second-order valence-corrected chi connectivity index (χ2v) is 27.7. The van der Waals surface area contributed by atoms with E-state index in [2.05, 4.69) is 70.8 Å². The molecule has 0 spiro atoms. The van der Waals surface area contributed by atoms with Crippen LogP contribution in [0.2, 0.25) is 65.0 Å². The van der Waals surface area contributed by atoms with E-state index in [-0.39, 0.29) is 12.1 Å². The van der Waals surface area contributed by atoms with Crippen molar-refractivity contribution in [1.82, 2.24) is 5.32 Å². The third-order valence-electron chi connectivity index (χ3n) is 3.50. The van der Waals surface area contributed by atoms with E-state index >= 15 is 0 Å². The lowest BCUT2D eigenvalue weighted by Crippen LogP contribution is -2.60. The maximum absolute atomic E-state index is 12.0. The van der Waals surface area contributed by atoms with E-state index in [1.54, 1.807) is 6.92 Å². The summed E-state index contributed by atoms with van der Waals surface area (Å²) in [7, 11) is -8.90. The first-order valence-corrected chi connectivity index (χ1v) is 22.8. The van der Waals surface area contributed by atoms with Crippen LogP contribution >= 0.6 is 0 Å². The predicted molar refractivity (Wildman–Crippen MR) is 134 cm³/mol. The Balaban J connectivity index is 5.59. The highest BCUT2D eigenvalue weighted by Crippen LogP contribution is 2.30. The Morgan fingerprint density at radius 3 is 1.65 bits per heavy atom. The predicted octanol–water partition coefficient (Wildman–Crippen LogP) is 5.02. The number of ether oxygens (including phenoxy) is 1. The van der Waals surface area contributed by atoms with Gasteiger partial charge in [-0.15, -0.1) is 0 Å². The van der Waals surface area contributed by atoms with E-state index in [9.17, 15) is 9.59 Å². The first-order valence-electron chi connectivity index (χ1n) is 10.7. The monoisotopic (exact) mass is 509 g/mol. The Bertz CT molecular complexity index is 583. The third-order valence-corrected chi connectivity index (χ3v) is 15.5. The van der Waals surface area contributed by atoms with Crippen LogP contribution in [0.1, 0.15) is 19.8 Å². The highest BCUT2D eigenvalue weighted by Gasteiger charge is 2.49. The molecule has 0 aromatic heterocycles. The molecule has 1 amide bonds. The number of nitrogens with one attached hydrogen (secondary N) is 1. The van der Waals surface area contributed by atoms with Gasteiger partial charge in [0.15, 0.2) is 25.0 Å². The van der Waals surface area contributed by atoms with Gasteiger partial charge in [-0.2, -0.15) is 0 Å². The summed E-state index contributed by atoms with van der Waals surface area (Å²) in [6, 6.07) is 0.597. The molecule has 0 heterocycles. The summed E-state index contributed by atoms with van der Waals surface area (Å²) in [5.74, 6) is -0.532. The van der Waals surface area contributed by atoms with Crippen molar-refractivity contribution in [2.45, 2.75) is 90.8 Å². The lowest BCUT2D eigenvalue weighted by molar-refractivity contribution is -0.144. The molecule has 0 rings (SSSR count). The molecule has 1 atom stereocenters. The smallest absolute Gasteiger partial charge is 0.465 e. The van der Waals surface area contributed by atoms with Crippen molar-refractivity contribution in [3.63, 3.8) is 0 Å². The second kappa shape index (κ2) is 11.9. The summed E-state index contributed by atoms with van der Waals surface area (Å²) in [4.78, 5) is 22.9. The van der Waals surface area contributed by atoms with E-state index in [0.29, 0.717) is 18.9 Å². The summed E-state index contributed by atoms with van der Waals surface area (Å²) < 4.78 is 25.4. The Morgan fingerprint density at radius 2 is 1.32 bits per heavy atom. The zero-order valence-electron chi connectivity index (χ0n) is 21.0. The number of esters is 1. The fourth-order valence-corrected chi connectivity index (χ4v) is 17.5. The lowest BCUT2D eigenvalue weighted by Gasteiger charge is -2.43. The molecular formula is C19H43NO7Si4. The van der Waals surface area contributed by atoms with Gasteiger partial charge in [-0.05, 0) is 78.7 Å². The Morgan fingerprint density at radius 1 is 0.903 bits per heavy atom. The van der Waals surface area contributed by atoms with Crippen LogP contribution in [0.3, 0.4) is 0 Å². The van der Waals surface area contributed by atoms with Crippen molar-refractivity contribution in [2.24, 2.45) is 0 Å². The molecule has 12 heteroatoms. The normalized spacial score (nSPS) is 14.1. The first-order chi connectivity index (χ1) is 13.7. The molecule has 0 aliphatic heterocycles. The minimum Gasteiger partial charge on any atom is -0.465 e. The first kappa shape index (κ1) is 30.2. The fourth-order valence-electron chi connectivity index (χ4n) is 2.82. The molecule has 0 aromatic carbocycles. The number of carboxylic acid groups (broad SMARTS) is 1. The average Bonchev–Trinajstić information content (AvgIpc) is 2.46. The van der Waals surface area contributed by atoms with Crippen molar-refractivity contribution in [1.29, 1.82) is 0 Å². The number of carbonyl (C=O) groups is 2. The molecule has 0 fully saturated rings. The highest BCUT2D eigenvalue weighted by atomic mass is 28.5. The molecule has 31 heavy (non-hydrogen) atoms. The quantitative estimate of drug-likeness (QED) is 0.192. The maximum atomic E-state index is 12.0. The standard InChI is InChI=1S/C19H43NO7Si4/c1-16(2)18(21)24-17(15-20-19(22)23)13-12-14-31(25-28(3,4)5,26-29(6,7)8)27-30(9,10)11/h17,20H,1,12-15H2,2-11H3,(H,22,23). The molecule has 0 saturated heterocycles. The molecule has 0 radical (unpaired) electrons. The average molecular weight is 510 g/mol. The topological polar surface area (TPSA) is 103 Å². The van der Waals surface area contributed by atoms with Crippen LogP contribution in [0.15, 0.2) is 12.2 Å². The van der Waals surface area contributed by atoms with Crippen LogP contribution in [-0.4, -0.2) is 63.6 Å². The highest BCUT2D eigenvalue weighted by molar-refractivity contribution is 6.90. The van der Waals surface area contributed by atoms with Crippen LogP contribution in [0.5, 0.6) is 0 Å². The van der Waals surface area contributed by atoms with Crippen LogP contribution in [0.25, 0.3) is 0 Å². The van der Waals surface area contributed by atoms with Gasteiger partial charge in [-0.1, -0.05) is 6.58 Å². The molecule has 1 unspecified atom stereocenters. The second-order valence-electron chi connectivity index (χ2n) is 10.7. The van der Waals surface area contributed by atoms with Crippen LogP contribution in [-0.2, 0) is 21.9 Å². The number of carbonyl (C=O) groups excluding carboxylic acids is 1. The summed E-state index contributed by atoms with van der Waals surface area (Å²) in [5.41, 5.74) is 0.273. The van der Waals surface area contributed by atoms with Gasteiger partial charge in [0, 0.05) is 11.6 Å². The molecule has 182 valence electrons. The molecule has 0 bridgehead atoms. The maximum Gasteiger partial charge on any atom is 0.469 e. The zero-order chi connectivity index (χ0) is 24.7. The van der Waals surface area contributed by atoms with Crippen molar-refractivity contribution in [3.05, 3.63) is 12.2 Å². The van der Waals surface area contributed by atoms with E-state index in [1.165, 1.54) is 0 Å². The summed E-state index contributed by atoms with van der Waals surface area (Å²) in [6.07, 6.45) is -0.669. The van der Waals surface area contributed by atoms with Gasteiger partial charge in [-0.3, -0.25) is 0 Å². The number of rotatable bonds is 14. The Labute approximate surface area is 192 Å². The number of amides is 1. The van der Waals surface area contributed by atoms with E-state index in [0.717, 1.165) is 0 Å². The largest absolute Gasteiger partial charge is 0.469 e. The van der Waals surface area contributed by atoms with Crippen molar-refractivity contribution in [2.75, 3.05) is 6.54 Å². The molecule has 0 saturated carbocycles. The van der Waals surface area contributed by atoms with Gasteiger partial charge in [0.1, 0.15) is 6.10 Å². The minimum atomic E-state index is -2.98. The van der Waals surface area contributed by atoms with Crippen molar-refractivity contribution < 1.29 is 31.8 Å². The van der Waals surface area contributed by atoms with E-state index in [4.69, 9.17) is 22.2 Å². The summed E-state index contributed by atoms with van der Waals surface area (Å²) in [6.45, 7) is 24.3. The molecule has 0 aliphatic rings. The van der Waals surface area contributed by atoms with Gasteiger partial charge >= 0.3 is 20.9 Å².